The van der Waals surface area contributed by atoms with E-state index in [9.17, 15) is 14.0 Å². The van der Waals surface area contributed by atoms with Gasteiger partial charge in [-0.25, -0.2) is 4.39 Å². The fourth-order valence-corrected chi connectivity index (χ4v) is 4.09. The minimum atomic E-state index is -0.657. The van der Waals surface area contributed by atoms with Gasteiger partial charge in [0.05, 0.1) is 11.7 Å². The third-order valence-corrected chi connectivity index (χ3v) is 5.55. The van der Waals surface area contributed by atoms with Crippen LogP contribution in [-0.2, 0) is 0 Å². The zero-order chi connectivity index (χ0) is 20.1. The molecule has 4 aromatic rings. The molecule has 1 atom stereocenters. The van der Waals surface area contributed by atoms with E-state index in [2.05, 4.69) is 5.32 Å². The number of pyridine rings is 1. The van der Waals surface area contributed by atoms with Crippen LogP contribution in [0.5, 0.6) is 0 Å². The molecule has 142 valence electrons. The maximum absolute atomic E-state index is 13.9. The highest BCUT2D eigenvalue weighted by atomic mass is 35.5. The molecule has 1 aliphatic heterocycles. The minimum Gasteiger partial charge on any atom is -0.341 e. The average Bonchev–Trinajstić information content (AvgIpc) is 3.06. The molecule has 0 saturated carbocycles. The first-order chi connectivity index (χ1) is 14.0. The van der Waals surface area contributed by atoms with E-state index in [0.717, 1.165) is 10.8 Å². The van der Waals surface area contributed by atoms with Gasteiger partial charge in [-0.3, -0.25) is 14.2 Å². The number of benzene rings is 3. The lowest BCUT2D eigenvalue weighted by atomic mass is 9.96. The molecular formula is C23H14ClFN2O2. The van der Waals surface area contributed by atoms with Crippen molar-refractivity contribution >= 4 is 28.3 Å². The standard InChI is InChI=1S/C23H14ClFN2O2/c24-18-9-8-15(25)11-17(18)22-21-16(23(29)26-22)6-3-7-19(21)27-12-14-5-2-1-4-13(14)10-20(27)28/h1-12,22H,(H,26,29). The lowest BCUT2D eigenvalue weighted by Crippen LogP contribution is -2.22. The highest BCUT2D eigenvalue weighted by molar-refractivity contribution is 6.31. The second kappa shape index (κ2) is 6.57. The number of rotatable bonds is 2. The van der Waals surface area contributed by atoms with Gasteiger partial charge < -0.3 is 5.32 Å². The van der Waals surface area contributed by atoms with E-state index in [-0.39, 0.29) is 11.5 Å². The molecular weight excluding hydrogens is 391 g/mol. The Labute approximate surface area is 170 Å². The molecule has 5 rings (SSSR count). The first kappa shape index (κ1) is 17.6. The summed E-state index contributed by atoms with van der Waals surface area (Å²) in [5.74, 6) is -0.742. The zero-order valence-corrected chi connectivity index (χ0v) is 15.8. The zero-order valence-electron chi connectivity index (χ0n) is 15.0. The Hall–Kier alpha value is -3.44. The van der Waals surface area contributed by atoms with E-state index >= 15 is 0 Å². The van der Waals surface area contributed by atoms with Gasteiger partial charge in [-0.15, -0.1) is 0 Å². The van der Waals surface area contributed by atoms with Crippen LogP contribution in [0.3, 0.4) is 0 Å². The van der Waals surface area contributed by atoms with Gasteiger partial charge in [0, 0.05) is 34.0 Å². The smallest absolute Gasteiger partial charge is 0.255 e. The van der Waals surface area contributed by atoms with Crippen molar-refractivity contribution in [3.63, 3.8) is 0 Å². The largest absolute Gasteiger partial charge is 0.341 e. The summed E-state index contributed by atoms with van der Waals surface area (Å²) in [6, 6.07) is 17.7. The Balaban J connectivity index is 1.78. The lowest BCUT2D eigenvalue weighted by molar-refractivity contribution is 0.0960. The van der Waals surface area contributed by atoms with Crippen molar-refractivity contribution in [3.05, 3.63) is 111 Å². The second-order valence-corrected chi connectivity index (χ2v) is 7.33. The van der Waals surface area contributed by atoms with E-state index in [1.54, 1.807) is 30.5 Å². The number of halogens is 2. The van der Waals surface area contributed by atoms with Crippen molar-refractivity contribution in [2.24, 2.45) is 0 Å². The first-order valence-electron chi connectivity index (χ1n) is 9.03. The predicted octanol–water partition coefficient (Wildman–Crippen LogP) is 4.62. The maximum Gasteiger partial charge on any atom is 0.255 e. The number of hydrogen-bond acceptors (Lipinski definition) is 2. The van der Waals surface area contributed by atoms with E-state index in [1.165, 1.54) is 22.8 Å². The van der Waals surface area contributed by atoms with Crippen molar-refractivity contribution in [1.82, 2.24) is 9.88 Å². The van der Waals surface area contributed by atoms with Crippen LogP contribution in [-0.4, -0.2) is 10.5 Å². The number of nitrogens with one attached hydrogen (secondary N) is 1. The Morgan fingerprint density at radius 3 is 2.55 bits per heavy atom. The van der Waals surface area contributed by atoms with Gasteiger partial charge in [-0.1, -0.05) is 41.9 Å². The van der Waals surface area contributed by atoms with E-state index in [4.69, 9.17) is 11.6 Å². The van der Waals surface area contributed by atoms with Gasteiger partial charge in [0.2, 0.25) is 0 Å². The molecule has 6 heteroatoms. The summed E-state index contributed by atoms with van der Waals surface area (Å²) >= 11 is 6.31. The number of aromatic nitrogens is 1. The molecule has 3 aromatic carbocycles. The predicted molar refractivity (Wildman–Crippen MR) is 110 cm³/mol. The highest BCUT2D eigenvalue weighted by Gasteiger charge is 2.34. The van der Waals surface area contributed by atoms with Gasteiger partial charge in [0.15, 0.2) is 0 Å². The van der Waals surface area contributed by atoms with E-state index in [1.807, 2.05) is 24.3 Å². The molecule has 4 nitrogen and oxygen atoms in total. The molecule has 0 aliphatic carbocycles. The van der Waals surface area contributed by atoms with E-state index in [0.29, 0.717) is 27.4 Å². The lowest BCUT2D eigenvalue weighted by Gasteiger charge is -2.18. The summed E-state index contributed by atoms with van der Waals surface area (Å²) in [4.78, 5) is 25.4. The number of hydrogen-bond donors (Lipinski definition) is 1. The number of carbonyl (C=O) groups excluding carboxylic acids is 1. The molecule has 29 heavy (non-hydrogen) atoms. The quantitative estimate of drug-likeness (QED) is 0.530. The van der Waals surface area contributed by atoms with Gasteiger partial charge in [-0.2, -0.15) is 0 Å². The average molecular weight is 405 g/mol. The Morgan fingerprint density at radius 1 is 0.931 bits per heavy atom. The van der Waals surface area contributed by atoms with Crippen LogP contribution < -0.4 is 10.9 Å². The fraction of sp³-hybridized carbons (Fsp3) is 0.0435. The van der Waals surface area contributed by atoms with Crippen LogP contribution in [0.25, 0.3) is 16.5 Å². The van der Waals surface area contributed by atoms with Crippen molar-refractivity contribution in [1.29, 1.82) is 0 Å². The topological polar surface area (TPSA) is 51.1 Å². The van der Waals surface area contributed by atoms with Gasteiger partial charge in [-0.05, 0) is 41.1 Å². The number of amides is 1. The molecule has 0 radical (unpaired) electrons. The maximum atomic E-state index is 13.9. The summed E-state index contributed by atoms with van der Waals surface area (Å²) in [7, 11) is 0. The summed E-state index contributed by atoms with van der Waals surface area (Å²) in [5.41, 5.74) is 1.82. The van der Waals surface area contributed by atoms with Crippen molar-refractivity contribution in [2.45, 2.75) is 6.04 Å². The summed E-state index contributed by atoms with van der Waals surface area (Å²) in [6.07, 6.45) is 1.75. The second-order valence-electron chi connectivity index (χ2n) is 6.92. The molecule has 1 unspecified atom stereocenters. The van der Waals surface area contributed by atoms with Crippen molar-refractivity contribution < 1.29 is 9.18 Å². The van der Waals surface area contributed by atoms with Crippen LogP contribution >= 0.6 is 11.6 Å². The molecule has 1 aromatic heterocycles. The third-order valence-electron chi connectivity index (χ3n) is 5.20. The summed E-state index contributed by atoms with van der Waals surface area (Å²) in [6.45, 7) is 0. The number of carbonyl (C=O) groups is 1. The molecule has 0 spiro atoms. The van der Waals surface area contributed by atoms with Crippen LogP contribution in [0.4, 0.5) is 4.39 Å². The molecule has 0 saturated heterocycles. The van der Waals surface area contributed by atoms with Crippen molar-refractivity contribution in [2.75, 3.05) is 0 Å². The molecule has 0 fully saturated rings. The van der Waals surface area contributed by atoms with Gasteiger partial charge in [0.1, 0.15) is 5.82 Å². The number of fused-ring (bicyclic) bond motifs is 2. The van der Waals surface area contributed by atoms with Gasteiger partial charge in [0.25, 0.3) is 11.5 Å². The highest BCUT2D eigenvalue weighted by Crippen LogP contribution is 2.38. The summed E-state index contributed by atoms with van der Waals surface area (Å²) in [5, 5.41) is 4.93. The molecule has 1 N–H and O–H groups in total. The summed E-state index contributed by atoms with van der Waals surface area (Å²) < 4.78 is 15.4. The Bertz CT molecular complexity index is 1360. The Kier molecular flexibility index (Phi) is 4.00. The fourth-order valence-electron chi connectivity index (χ4n) is 3.87. The normalized spacial score (nSPS) is 15.4. The van der Waals surface area contributed by atoms with Crippen molar-refractivity contribution in [3.8, 4) is 5.69 Å². The van der Waals surface area contributed by atoms with Crippen LogP contribution in [0.1, 0.15) is 27.5 Å². The minimum absolute atomic E-state index is 0.222. The molecule has 0 bridgehead atoms. The van der Waals surface area contributed by atoms with Crippen LogP contribution in [0, 0.1) is 5.82 Å². The third kappa shape index (κ3) is 2.82. The molecule has 1 aliphatic rings. The number of nitrogens with zero attached hydrogens (tertiary/aromatic N) is 1. The van der Waals surface area contributed by atoms with Crippen LogP contribution in [0.15, 0.2) is 77.7 Å². The van der Waals surface area contributed by atoms with Crippen LogP contribution in [0.2, 0.25) is 5.02 Å². The monoisotopic (exact) mass is 404 g/mol. The molecule has 2 heterocycles. The SMILES string of the molecule is O=C1NC(c2cc(F)ccc2Cl)c2c1cccc2-n1cc2ccccc2cc1=O. The van der Waals surface area contributed by atoms with Gasteiger partial charge >= 0.3 is 0 Å². The first-order valence-corrected chi connectivity index (χ1v) is 9.41. The Morgan fingerprint density at radius 2 is 1.72 bits per heavy atom. The molecule has 1 amide bonds. The van der Waals surface area contributed by atoms with E-state index < -0.39 is 11.9 Å².